The first-order chi connectivity index (χ1) is 13.2. The van der Waals surface area contributed by atoms with E-state index in [4.69, 9.17) is 0 Å². The average molecular weight is 397 g/mol. The van der Waals surface area contributed by atoms with Crippen LogP contribution in [0.2, 0.25) is 0 Å². The zero-order valence-corrected chi connectivity index (χ0v) is 18.5. The first kappa shape index (κ1) is 26.5. The number of ketones is 2. The van der Waals surface area contributed by atoms with Crippen LogP contribution in [-0.2, 0) is 19.1 Å². The van der Waals surface area contributed by atoms with Gasteiger partial charge in [0.2, 0.25) is 0 Å². The Labute approximate surface area is 170 Å². The van der Waals surface area contributed by atoms with Crippen LogP contribution in [0.4, 0.5) is 0 Å². The second kappa shape index (κ2) is 15.4. The molecule has 0 rings (SSSR count). The molecule has 0 bridgehead atoms. The number of ether oxygens (including phenoxy) is 1. The summed E-state index contributed by atoms with van der Waals surface area (Å²) in [5, 5.41) is 9.85. The van der Waals surface area contributed by atoms with Crippen molar-refractivity contribution in [1.82, 2.24) is 0 Å². The first-order valence-electron chi connectivity index (χ1n) is 10.7. The maximum absolute atomic E-state index is 12.4. The highest BCUT2D eigenvalue weighted by Crippen LogP contribution is 2.20. The van der Waals surface area contributed by atoms with E-state index >= 15 is 0 Å². The summed E-state index contributed by atoms with van der Waals surface area (Å²) in [5.41, 5.74) is -0.0232. The Kier molecular flexibility index (Phi) is 14.6. The summed E-state index contributed by atoms with van der Waals surface area (Å²) in [6.45, 7) is 7.47. The van der Waals surface area contributed by atoms with Crippen LogP contribution in [0.5, 0.6) is 0 Å². The third-order valence-electron chi connectivity index (χ3n) is 5.21. The van der Waals surface area contributed by atoms with Gasteiger partial charge in [-0.05, 0) is 32.1 Å². The van der Waals surface area contributed by atoms with Crippen molar-refractivity contribution in [2.75, 3.05) is 7.11 Å². The quantitative estimate of drug-likeness (QED) is 0.230. The Morgan fingerprint density at radius 3 is 2.18 bits per heavy atom. The molecule has 0 spiro atoms. The summed E-state index contributed by atoms with van der Waals surface area (Å²) in [6.07, 6.45) is 10.2. The van der Waals surface area contributed by atoms with Crippen molar-refractivity contribution in [3.8, 4) is 0 Å². The minimum absolute atomic E-state index is 0.0232. The molecule has 5 heteroatoms. The molecule has 0 aliphatic heterocycles. The molecule has 0 saturated carbocycles. The summed E-state index contributed by atoms with van der Waals surface area (Å²) >= 11 is 0. The van der Waals surface area contributed by atoms with Gasteiger partial charge < -0.3 is 9.84 Å². The van der Waals surface area contributed by atoms with Gasteiger partial charge in [0.05, 0.1) is 12.7 Å². The summed E-state index contributed by atoms with van der Waals surface area (Å²) in [6, 6.07) is 0. The van der Waals surface area contributed by atoms with Crippen LogP contribution in [-0.4, -0.2) is 35.9 Å². The molecule has 0 aliphatic rings. The van der Waals surface area contributed by atoms with Crippen molar-refractivity contribution in [2.45, 2.75) is 98.0 Å². The van der Waals surface area contributed by atoms with E-state index in [1.807, 2.05) is 13.8 Å². The fourth-order valence-electron chi connectivity index (χ4n) is 3.21. The fourth-order valence-corrected chi connectivity index (χ4v) is 3.21. The SMILES string of the molecule is CCCCCCCCC(C)C(=O)CC(C)CCC=C(C(=O)OC)C(O)C(C)=O. The summed E-state index contributed by atoms with van der Waals surface area (Å²) in [4.78, 5) is 35.5. The lowest BCUT2D eigenvalue weighted by Gasteiger charge is -2.15. The average Bonchev–Trinajstić information content (AvgIpc) is 2.66. The molecule has 0 aromatic heterocycles. The number of aliphatic hydroxyl groups excluding tert-OH is 1. The Balaban J connectivity index is 4.33. The lowest BCUT2D eigenvalue weighted by Crippen LogP contribution is -2.25. The van der Waals surface area contributed by atoms with Crippen molar-refractivity contribution in [3.63, 3.8) is 0 Å². The smallest absolute Gasteiger partial charge is 0.336 e. The Morgan fingerprint density at radius 1 is 1.00 bits per heavy atom. The van der Waals surface area contributed by atoms with Gasteiger partial charge in [0.25, 0.3) is 0 Å². The van der Waals surface area contributed by atoms with Crippen LogP contribution in [0.15, 0.2) is 11.6 Å². The molecule has 28 heavy (non-hydrogen) atoms. The van der Waals surface area contributed by atoms with E-state index < -0.39 is 17.9 Å². The highest BCUT2D eigenvalue weighted by Gasteiger charge is 2.23. The zero-order chi connectivity index (χ0) is 21.5. The minimum atomic E-state index is -1.46. The molecular formula is C23H40O5. The highest BCUT2D eigenvalue weighted by molar-refractivity contribution is 5.98. The van der Waals surface area contributed by atoms with Crippen molar-refractivity contribution in [3.05, 3.63) is 11.6 Å². The van der Waals surface area contributed by atoms with E-state index in [0.29, 0.717) is 25.0 Å². The fraction of sp³-hybridized carbons (Fsp3) is 0.783. The maximum Gasteiger partial charge on any atom is 0.336 e. The largest absolute Gasteiger partial charge is 0.466 e. The molecule has 1 N–H and O–H groups in total. The predicted molar refractivity (Wildman–Crippen MR) is 112 cm³/mol. The number of carbonyl (C=O) groups is 3. The molecule has 0 radical (unpaired) electrons. The van der Waals surface area contributed by atoms with Crippen LogP contribution < -0.4 is 0 Å². The molecule has 0 aromatic carbocycles. The van der Waals surface area contributed by atoms with Gasteiger partial charge in [0.1, 0.15) is 11.9 Å². The van der Waals surface area contributed by atoms with E-state index in [-0.39, 0.29) is 17.4 Å². The van der Waals surface area contributed by atoms with Crippen molar-refractivity contribution in [2.24, 2.45) is 11.8 Å². The first-order valence-corrected chi connectivity index (χ1v) is 10.7. The maximum atomic E-state index is 12.4. The molecule has 0 aromatic rings. The lowest BCUT2D eigenvalue weighted by molar-refractivity contribution is -0.139. The minimum Gasteiger partial charge on any atom is -0.466 e. The number of hydrogen-bond acceptors (Lipinski definition) is 5. The molecule has 3 atom stereocenters. The number of allylic oxidation sites excluding steroid dienone is 1. The number of methoxy groups -OCH3 is 1. The Bertz CT molecular complexity index is 509. The van der Waals surface area contributed by atoms with E-state index in [0.717, 1.165) is 12.8 Å². The van der Waals surface area contributed by atoms with Crippen LogP contribution in [0.3, 0.4) is 0 Å². The van der Waals surface area contributed by atoms with Gasteiger partial charge in [-0.1, -0.05) is 65.4 Å². The van der Waals surface area contributed by atoms with Crippen molar-refractivity contribution in [1.29, 1.82) is 0 Å². The van der Waals surface area contributed by atoms with Crippen LogP contribution in [0.1, 0.15) is 91.9 Å². The highest BCUT2D eigenvalue weighted by atomic mass is 16.5. The normalized spacial score (nSPS) is 15.0. The number of Topliss-reactive ketones (excluding diaryl/α,β-unsaturated/α-hetero) is 2. The van der Waals surface area contributed by atoms with Crippen LogP contribution in [0.25, 0.3) is 0 Å². The van der Waals surface area contributed by atoms with E-state index in [1.54, 1.807) is 6.08 Å². The van der Waals surface area contributed by atoms with Gasteiger partial charge in [-0.2, -0.15) is 0 Å². The predicted octanol–water partition coefficient (Wildman–Crippen LogP) is 4.80. The second-order valence-corrected chi connectivity index (χ2v) is 7.97. The van der Waals surface area contributed by atoms with E-state index in [9.17, 15) is 19.5 Å². The molecule has 0 saturated heterocycles. The van der Waals surface area contributed by atoms with E-state index in [2.05, 4.69) is 11.7 Å². The number of rotatable bonds is 16. The van der Waals surface area contributed by atoms with Crippen LogP contribution >= 0.6 is 0 Å². The summed E-state index contributed by atoms with van der Waals surface area (Å²) in [5.74, 6) is -0.622. The Morgan fingerprint density at radius 2 is 1.61 bits per heavy atom. The van der Waals surface area contributed by atoms with Gasteiger partial charge in [-0.15, -0.1) is 0 Å². The molecule has 0 aliphatic carbocycles. The number of hydrogen-bond donors (Lipinski definition) is 1. The number of esters is 1. The molecular weight excluding hydrogens is 356 g/mol. The molecule has 0 fully saturated rings. The molecule has 162 valence electrons. The molecule has 5 nitrogen and oxygen atoms in total. The van der Waals surface area contributed by atoms with Crippen LogP contribution in [0, 0.1) is 11.8 Å². The van der Waals surface area contributed by atoms with Gasteiger partial charge in [0.15, 0.2) is 5.78 Å². The zero-order valence-electron chi connectivity index (χ0n) is 18.5. The summed E-state index contributed by atoms with van der Waals surface area (Å²) < 4.78 is 4.63. The van der Waals surface area contributed by atoms with Gasteiger partial charge in [-0.3, -0.25) is 9.59 Å². The van der Waals surface area contributed by atoms with Crippen molar-refractivity contribution < 1.29 is 24.2 Å². The lowest BCUT2D eigenvalue weighted by atomic mass is 9.90. The monoisotopic (exact) mass is 396 g/mol. The Hall–Kier alpha value is -1.49. The molecule has 0 amide bonds. The number of unbranched alkanes of at least 4 members (excludes halogenated alkanes) is 5. The molecule has 3 unspecified atom stereocenters. The van der Waals surface area contributed by atoms with Crippen molar-refractivity contribution >= 4 is 17.5 Å². The second-order valence-electron chi connectivity index (χ2n) is 7.97. The van der Waals surface area contributed by atoms with Gasteiger partial charge in [-0.25, -0.2) is 4.79 Å². The third-order valence-corrected chi connectivity index (χ3v) is 5.21. The molecule has 0 heterocycles. The summed E-state index contributed by atoms with van der Waals surface area (Å²) in [7, 11) is 1.22. The van der Waals surface area contributed by atoms with E-state index in [1.165, 1.54) is 46.1 Å². The number of aliphatic hydroxyl groups is 1. The van der Waals surface area contributed by atoms with Gasteiger partial charge in [0, 0.05) is 12.3 Å². The number of carbonyl (C=O) groups excluding carboxylic acids is 3. The topological polar surface area (TPSA) is 80.7 Å². The van der Waals surface area contributed by atoms with Gasteiger partial charge >= 0.3 is 5.97 Å². The standard InChI is InChI=1S/C23H40O5/c1-6-7-8-9-10-11-14-18(3)21(25)16-17(2)13-12-15-20(23(27)28-5)22(26)19(4)24/h15,17-18,22,26H,6-14,16H2,1-5H3. The third kappa shape index (κ3) is 11.4.